The van der Waals surface area contributed by atoms with E-state index in [2.05, 4.69) is 10.6 Å². The molecular formula is C11H17N5. The fourth-order valence-corrected chi connectivity index (χ4v) is 1.18. The van der Waals surface area contributed by atoms with Gasteiger partial charge in [-0.2, -0.15) is 0 Å². The second kappa shape index (κ2) is 5.75. The Bertz CT molecular complexity index is 360. The minimum absolute atomic E-state index is 0.186. The minimum atomic E-state index is 0.186. The highest BCUT2D eigenvalue weighted by Crippen LogP contribution is 1.97. The van der Waals surface area contributed by atoms with Crippen molar-refractivity contribution in [1.82, 2.24) is 15.5 Å². The summed E-state index contributed by atoms with van der Waals surface area (Å²) in [6.45, 7) is 0.584. The Labute approximate surface area is 95.5 Å². The molecule has 4 N–H and O–H groups in total. The lowest BCUT2D eigenvalue weighted by atomic mass is 10.2. The molecule has 1 aromatic rings. The van der Waals surface area contributed by atoms with Crippen molar-refractivity contribution in [1.29, 1.82) is 10.8 Å². The molecule has 0 saturated heterocycles. The summed E-state index contributed by atoms with van der Waals surface area (Å²) in [5, 5.41) is 20.8. The third-order valence-corrected chi connectivity index (χ3v) is 2.21. The Morgan fingerprint density at radius 2 is 1.81 bits per heavy atom. The standard InChI is InChI=1S/C11H17N5/c1-14-10(12)16(2)11(13)15-8-9-6-4-3-5-7-9/h3-7H,8H2,1-2H3,(H2,12,14)(H2,13,15). The van der Waals surface area contributed by atoms with Gasteiger partial charge in [0.2, 0.25) is 0 Å². The van der Waals surface area contributed by atoms with Crippen molar-refractivity contribution < 1.29 is 0 Å². The van der Waals surface area contributed by atoms with Gasteiger partial charge in [0.1, 0.15) is 0 Å². The SMILES string of the molecule is CNC(=N)N(C)C(=N)NCc1ccccc1. The lowest BCUT2D eigenvalue weighted by Crippen LogP contribution is -2.45. The second-order valence-electron chi connectivity index (χ2n) is 3.35. The van der Waals surface area contributed by atoms with E-state index >= 15 is 0 Å². The molecule has 0 aliphatic rings. The molecule has 0 aliphatic heterocycles. The predicted octanol–water partition coefficient (Wildman–Crippen LogP) is 0.797. The average Bonchev–Trinajstić information content (AvgIpc) is 2.35. The molecule has 0 aromatic heterocycles. The molecule has 1 aromatic carbocycles. The largest absolute Gasteiger partial charge is 0.359 e. The Morgan fingerprint density at radius 1 is 1.19 bits per heavy atom. The summed E-state index contributed by atoms with van der Waals surface area (Å²) in [7, 11) is 3.32. The summed E-state index contributed by atoms with van der Waals surface area (Å²) < 4.78 is 0. The Kier molecular flexibility index (Phi) is 4.32. The second-order valence-corrected chi connectivity index (χ2v) is 3.35. The highest BCUT2D eigenvalue weighted by Gasteiger charge is 2.07. The lowest BCUT2D eigenvalue weighted by Gasteiger charge is -2.20. The molecule has 0 radical (unpaired) electrons. The van der Waals surface area contributed by atoms with Crippen LogP contribution in [0.4, 0.5) is 0 Å². The van der Waals surface area contributed by atoms with Crippen LogP contribution >= 0.6 is 0 Å². The fourth-order valence-electron chi connectivity index (χ4n) is 1.18. The number of guanidine groups is 2. The van der Waals surface area contributed by atoms with Crippen LogP contribution in [0.1, 0.15) is 5.56 Å². The summed E-state index contributed by atoms with van der Waals surface area (Å²) in [5.41, 5.74) is 1.11. The molecule has 16 heavy (non-hydrogen) atoms. The van der Waals surface area contributed by atoms with E-state index in [1.54, 1.807) is 14.1 Å². The number of hydrogen-bond donors (Lipinski definition) is 4. The molecule has 0 atom stereocenters. The van der Waals surface area contributed by atoms with Gasteiger partial charge < -0.3 is 10.6 Å². The average molecular weight is 219 g/mol. The quantitative estimate of drug-likeness (QED) is 0.439. The molecule has 0 aliphatic carbocycles. The summed E-state index contributed by atoms with van der Waals surface area (Å²) in [6.07, 6.45) is 0. The van der Waals surface area contributed by atoms with E-state index in [0.29, 0.717) is 6.54 Å². The van der Waals surface area contributed by atoms with Crippen LogP contribution in [0.5, 0.6) is 0 Å². The molecule has 0 spiro atoms. The van der Waals surface area contributed by atoms with Gasteiger partial charge in [-0.15, -0.1) is 0 Å². The van der Waals surface area contributed by atoms with Gasteiger partial charge in [-0.05, 0) is 5.56 Å². The summed E-state index contributed by atoms with van der Waals surface area (Å²) in [6, 6.07) is 9.85. The number of nitrogens with one attached hydrogen (secondary N) is 4. The molecule has 5 nitrogen and oxygen atoms in total. The zero-order valence-electron chi connectivity index (χ0n) is 9.54. The van der Waals surface area contributed by atoms with Gasteiger partial charge in [0.05, 0.1) is 0 Å². The van der Waals surface area contributed by atoms with Crippen molar-refractivity contribution >= 4 is 11.9 Å². The van der Waals surface area contributed by atoms with Gasteiger partial charge in [-0.25, -0.2) is 0 Å². The molecule has 0 fully saturated rings. The summed E-state index contributed by atoms with van der Waals surface area (Å²) in [4.78, 5) is 1.43. The van der Waals surface area contributed by atoms with Crippen molar-refractivity contribution in [2.75, 3.05) is 14.1 Å². The van der Waals surface area contributed by atoms with Gasteiger partial charge in [0, 0.05) is 20.6 Å². The van der Waals surface area contributed by atoms with Crippen LogP contribution in [0.25, 0.3) is 0 Å². The fraction of sp³-hybridized carbons (Fsp3) is 0.273. The number of benzene rings is 1. The topological polar surface area (TPSA) is 75.0 Å². The molecule has 0 saturated carbocycles. The van der Waals surface area contributed by atoms with E-state index in [0.717, 1.165) is 5.56 Å². The van der Waals surface area contributed by atoms with Crippen molar-refractivity contribution in [2.45, 2.75) is 6.54 Å². The monoisotopic (exact) mass is 219 g/mol. The van der Waals surface area contributed by atoms with Crippen molar-refractivity contribution in [3.05, 3.63) is 35.9 Å². The van der Waals surface area contributed by atoms with Gasteiger partial charge in [0.25, 0.3) is 0 Å². The van der Waals surface area contributed by atoms with E-state index in [4.69, 9.17) is 10.8 Å². The van der Waals surface area contributed by atoms with Crippen LogP contribution < -0.4 is 10.6 Å². The maximum absolute atomic E-state index is 7.71. The van der Waals surface area contributed by atoms with Gasteiger partial charge in [-0.1, -0.05) is 30.3 Å². The normalized spacial score (nSPS) is 9.38. The Hall–Kier alpha value is -2.04. The lowest BCUT2D eigenvalue weighted by molar-refractivity contribution is 0.651. The molecule has 1 rings (SSSR count). The van der Waals surface area contributed by atoms with Gasteiger partial charge in [0.15, 0.2) is 11.9 Å². The Morgan fingerprint density at radius 3 is 2.38 bits per heavy atom. The first-order chi connectivity index (χ1) is 7.65. The van der Waals surface area contributed by atoms with E-state index in [1.165, 1.54) is 4.90 Å². The molecule has 0 bridgehead atoms. The molecule has 5 heteroatoms. The van der Waals surface area contributed by atoms with Crippen LogP contribution in [0.3, 0.4) is 0 Å². The van der Waals surface area contributed by atoms with Crippen LogP contribution in [-0.4, -0.2) is 30.9 Å². The predicted molar refractivity (Wildman–Crippen MR) is 65.6 cm³/mol. The van der Waals surface area contributed by atoms with Crippen LogP contribution in [0.2, 0.25) is 0 Å². The molecule has 0 amide bonds. The van der Waals surface area contributed by atoms with E-state index in [1.807, 2.05) is 30.3 Å². The molecule has 86 valence electrons. The van der Waals surface area contributed by atoms with Crippen molar-refractivity contribution in [3.63, 3.8) is 0 Å². The number of nitrogens with zero attached hydrogens (tertiary/aromatic N) is 1. The van der Waals surface area contributed by atoms with Crippen molar-refractivity contribution in [3.8, 4) is 0 Å². The van der Waals surface area contributed by atoms with E-state index < -0.39 is 0 Å². The highest BCUT2D eigenvalue weighted by molar-refractivity contribution is 5.95. The zero-order chi connectivity index (χ0) is 12.0. The van der Waals surface area contributed by atoms with Crippen LogP contribution in [0.15, 0.2) is 30.3 Å². The van der Waals surface area contributed by atoms with Crippen LogP contribution in [-0.2, 0) is 6.54 Å². The molecule has 0 unspecified atom stereocenters. The molecular weight excluding hydrogens is 202 g/mol. The third-order valence-electron chi connectivity index (χ3n) is 2.21. The summed E-state index contributed by atoms with van der Waals surface area (Å²) in [5.74, 6) is 0.383. The van der Waals surface area contributed by atoms with Crippen molar-refractivity contribution in [2.24, 2.45) is 0 Å². The zero-order valence-corrected chi connectivity index (χ0v) is 9.54. The maximum Gasteiger partial charge on any atom is 0.197 e. The Balaban J connectivity index is 2.44. The first-order valence-corrected chi connectivity index (χ1v) is 5.01. The van der Waals surface area contributed by atoms with E-state index in [-0.39, 0.29) is 11.9 Å². The smallest absolute Gasteiger partial charge is 0.197 e. The minimum Gasteiger partial charge on any atom is -0.359 e. The van der Waals surface area contributed by atoms with Gasteiger partial charge >= 0.3 is 0 Å². The first-order valence-electron chi connectivity index (χ1n) is 5.01. The third kappa shape index (κ3) is 3.27. The maximum atomic E-state index is 7.71. The van der Waals surface area contributed by atoms with Gasteiger partial charge in [-0.3, -0.25) is 15.7 Å². The summed E-state index contributed by atoms with van der Waals surface area (Å²) >= 11 is 0. The van der Waals surface area contributed by atoms with E-state index in [9.17, 15) is 0 Å². The first kappa shape index (κ1) is 12.0. The number of rotatable bonds is 2. The highest BCUT2D eigenvalue weighted by atomic mass is 15.3. The molecule has 0 heterocycles. The number of hydrogen-bond acceptors (Lipinski definition) is 2. The van der Waals surface area contributed by atoms with Crippen LogP contribution in [0, 0.1) is 10.8 Å².